The minimum atomic E-state index is -3.15. The maximum Gasteiger partial charge on any atom is 0.240 e. The molecule has 2 aromatic heterocycles. The molecule has 0 radical (unpaired) electrons. The van der Waals surface area contributed by atoms with E-state index in [2.05, 4.69) is 41.0 Å². The Morgan fingerprint density at radius 2 is 2.14 bits per heavy atom. The lowest BCUT2D eigenvalue weighted by molar-refractivity contribution is 0.218. The van der Waals surface area contributed by atoms with Crippen LogP contribution in [-0.4, -0.2) is 36.8 Å². The molecule has 0 aliphatic carbocycles. The number of nitrogens with zero attached hydrogens (tertiary/aromatic N) is 3. The van der Waals surface area contributed by atoms with Gasteiger partial charge in [-0.25, -0.2) is 8.42 Å². The highest BCUT2D eigenvalue weighted by molar-refractivity contribution is 7.89. The quantitative estimate of drug-likeness (QED) is 0.808. The van der Waals surface area contributed by atoms with Crippen LogP contribution >= 0.6 is 11.3 Å². The highest BCUT2D eigenvalue weighted by Crippen LogP contribution is 2.27. The molecule has 0 bridgehead atoms. The van der Waals surface area contributed by atoms with E-state index in [0.717, 1.165) is 6.26 Å². The van der Waals surface area contributed by atoms with E-state index in [1.165, 1.54) is 9.75 Å². The number of hydrogen-bond acceptors (Lipinski definition) is 7. The molecule has 2 heterocycles. The first kappa shape index (κ1) is 16.1. The zero-order valence-electron chi connectivity index (χ0n) is 12.5. The second-order valence-electron chi connectivity index (χ2n) is 5.21. The van der Waals surface area contributed by atoms with Crippen LogP contribution in [-0.2, 0) is 22.1 Å². The molecule has 8 heteroatoms. The van der Waals surface area contributed by atoms with Gasteiger partial charge >= 0.3 is 0 Å². The average Bonchev–Trinajstić information content (AvgIpc) is 2.95. The summed E-state index contributed by atoms with van der Waals surface area (Å²) in [4.78, 5) is 8.75. The molecule has 2 aromatic rings. The van der Waals surface area contributed by atoms with Crippen LogP contribution in [0.3, 0.4) is 0 Å². The molecule has 21 heavy (non-hydrogen) atoms. The number of thiophene rings is 1. The molecule has 0 saturated carbocycles. The zero-order valence-corrected chi connectivity index (χ0v) is 14.2. The van der Waals surface area contributed by atoms with Crippen LogP contribution in [0.4, 0.5) is 0 Å². The van der Waals surface area contributed by atoms with Crippen molar-refractivity contribution in [2.45, 2.75) is 32.2 Å². The van der Waals surface area contributed by atoms with Gasteiger partial charge in [-0.2, -0.15) is 4.98 Å². The first-order valence-electron chi connectivity index (χ1n) is 6.50. The summed E-state index contributed by atoms with van der Waals surface area (Å²) < 4.78 is 27.5. The fourth-order valence-corrected chi connectivity index (χ4v) is 3.47. The lowest BCUT2D eigenvalue weighted by Gasteiger charge is -2.21. The van der Waals surface area contributed by atoms with Gasteiger partial charge in [0.25, 0.3) is 0 Å². The molecule has 0 saturated heterocycles. The predicted octanol–water partition coefficient (Wildman–Crippen LogP) is 2.18. The van der Waals surface area contributed by atoms with E-state index in [0.29, 0.717) is 12.4 Å². The number of aryl methyl sites for hydroxylation is 1. The number of aromatic nitrogens is 2. The van der Waals surface area contributed by atoms with Crippen molar-refractivity contribution in [2.24, 2.45) is 0 Å². The van der Waals surface area contributed by atoms with Crippen LogP contribution in [0.1, 0.15) is 34.4 Å². The molecule has 0 N–H and O–H groups in total. The normalized spacial score (nSPS) is 13.8. The third-order valence-corrected chi connectivity index (χ3v) is 5.07. The van der Waals surface area contributed by atoms with Crippen molar-refractivity contribution in [3.8, 4) is 0 Å². The molecule has 2 rings (SSSR count). The largest absolute Gasteiger partial charge is 0.338 e. The van der Waals surface area contributed by atoms with Crippen molar-refractivity contribution in [3.05, 3.63) is 33.6 Å². The highest BCUT2D eigenvalue weighted by atomic mass is 32.2. The molecule has 0 aliphatic heterocycles. The van der Waals surface area contributed by atoms with E-state index < -0.39 is 9.84 Å². The SMILES string of the molecule is Cc1ccc([C@@H](C)N(C)Cc2nc(CS(C)(=O)=O)no2)s1. The van der Waals surface area contributed by atoms with Gasteiger partial charge in [0.15, 0.2) is 15.7 Å². The third-order valence-electron chi connectivity index (χ3n) is 3.12. The second kappa shape index (κ2) is 6.25. The maximum atomic E-state index is 11.2. The van der Waals surface area contributed by atoms with Crippen LogP contribution in [0, 0.1) is 6.92 Å². The van der Waals surface area contributed by atoms with Crippen LogP contribution < -0.4 is 0 Å². The number of hydrogen-bond donors (Lipinski definition) is 0. The monoisotopic (exact) mass is 329 g/mol. The summed E-state index contributed by atoms with van der Waals surface area (Å²) in [6.45, 7) is 4.67. The Morgan fingerprint density at radius 3 is 2.71 bits per heavy atom. The molecular formula is C13H19N3O3S2. The first-order chi connectivity index (χ1) is 9.74. The van der Waals surface area contributed by atoms with Gasteiger partial charge in [-0.05, 0) is 33.0 Å². The molecule has 0 aromatic carbocycles. The maximum absolute atomic E-state index is 11.2. The summed E-state index contributed by atoms with van der Waals surface area (Å²) in [6, 6.07) is 4.44. The van der Waals surface area contributed by atoms with Gasteiger partial charge in [-0.3, -0.25) is 4.90 Å². The lowest BCUT2D eigenvalue weighted by Crippen LogP contribution is -2.21. The molecule has 1 atom stereocenters. The van der Waals surface area contributed by atoms with E-state index in [4.69, 9.17) is 4.52 Å². The summed E-state index contributed by atoms with van der Waals surface area (Å²) in [7, 11) is -1.17. The Balaban J connectivity index is 2.01. The molecule has 0 unspecified atom stereocenters. The van der Waals surface area contributed by atoms with Gasteiger partial charge in [0.1, 0.15) is 5.75 Å². The van der Waals surface area contributed by atoms with Crippen molar-refractivity contribution in [3.63, 3.8) is 0 Å². The second-order valence-corrected chi connectivity index (χ2v) is 8.67. The van der Waals surface area contributed by atoms with E-state index in [9.17, 15) is 8.42 Å². The Morgan fingerprint density at radius 1 is 1.43 bits per heavy atom. The third kappa shape index (κ3) is 4.62. The minimum absolute atomic E-state index is 0.195. The summed E-state index contributed by atoms with van der Waals surface area (Å²) in [5, 5.41) is 3.70. The van der Waals surface area contributed by atoms with E-state index in [1.807, 2.05) is 7.05 Å². The standard InChI is InChI=1S/C13H19N3O3S2/c1-9-5-6-11(20-9)10(2)16(3)7-13-14-12(15-19-13)8-21(4,17)18/h5-6,10H,7-8H2,1-4H3/t10-/m1/s1. The molecular weight excluding hydrogens is 310 g/mol. The van der Waals surface area contributed by atoms with E-state index in [-0.39, 0.29) is 17.6 Å². The van der Waals surface area contributed by atoms with Gasteiger partial charge in [0.2, 0.25) is 5.89 Å². The number of sulfone groups is 1. The summed E-state index contributed by atoms with van der Waals surface area (Å²) in [6.07, 6.45) is 1.15. The Bertz CT molecular complexity index is 706. The fourth-order valence-electron chi connectivity index (χ4n) is 1.89. The van der Waals surface area contributed by atoms with Crippen molar-refractivity contribution in [1.29, 1.82) is 0 Å². The predicted molar refractivity (Wildman–Crippen MR) is 81.8 cm³/mol. The summed E-state index contributed by atoms with van der Waals surface area (Å²) in [5.74, 6) is 0.441. The van der Waals surface area contributed by atoms with Gasteiger partial charge in [-0.15, -0.1) is 11.3 Å². The first-order valence-corrected chi connectivity index (χ1v) is 9.38. The van der Waals surface area contributed by atoms with Crippen LogP contribution in [0.15, 0.2) is 16.7 Å². The molecule has 0 spiro atoms. The summed E-state index contributed by atoms with van der Waals surface area (Å²) in [5.41, 5.74) is 0. The zero-order chi connectivity index (χ0) is 15.6. The van der Waals surface area contributed by atoms with Crippen molar-refractivity contribution in [2.75, 3.05) is 13.3 Å². The van der Waals surface area contributed by atoms with Crippen molar-refractivity contribution >= 4 is 21.2 Å². The smallest absolute Gasteiger partial charge is 0.240 e. The number of rotatable bonds is 6. The molecule has 0 amide bonds. The van der Waals surface area contributed by atoms with Crippen molar-refractivity contribution in [1.82, 2.24) is 15.0 Å². The van der Waals surface area contributed by atoms with Crippen LogP contribution in [0.25, 0.3) is 0 Å². The van der Waals surface area contributed by atoms with Gasteiger partial charge in [0, 0.05) is 22.1 Å². The van der Waals surface area contributed by atoms with Crippen molar-refractivity contribution < 1.29 is 12.9 Å². The fraction of sp³-hybridized carbons (Fsp3) is 0.538. The molecule has 6 nitrogen and oxygen atoms in total. The topological polar surface area (TPSA) is 76.3 Å². The molecule has 0 fully saturated rings. The summed E-state index contributed by atoms with van der Waals surface area (Å²) >= 11 is 1.76. The van der Waals surface area contributed by atoms with Crippen LogP contribution in [0.2, 0.25) is 0 Å². The minimum Gasteiger partial charge on any atom is -0.338 e. The lowest BCUT2D eigenvalue weighted by atomic mass is 10.2. The Kier molecular flexibility index (Phi) is 4.80. The van der Waals surface area contributed by atoms with Crippen LogP contribution in [0.5, 0.6) is 0 Å². The van der Waals surface area contributed by atoms with Gasteiger partial charge in [-0.1, -0.05) is 5.16 Å². The van der Waals surface area contributed by atoms with Gasteiger partial charge in [0.05, 0.1) is 6.54 Å². The average molecular weight is 329 g/mol. The Labute approximate surface area is 128 Å². The van der Waals surface area contributed by atoms with E-state index >= 15 is 0 Å². The van der Waals surface area contributed by atoms with E-state index in [1.54, 1.807) is 11.3 Å². The molecule has 0 aliphatic rings. The van der Waals surface area contributed by atoms with Gasteiger partial charge < -0.3 is 4.52 Å². The molecule has 116 valence electrons. The Hall–Kier alpha value is -1.25. The highest BCUT2D eigenvalue weighted by Gasteiger charge is 2.18.